The molecule has 0 aliphatic rings. The van der Waals surface area contributed by atoms with Crippen molar-refractivity contribution in [2.75, 3.05) is 13.1 Å². The van der Waals surface area contributed by atoms with E-state index in [1.165, 1.54) is 4.90 Å². The summed E-state index contributed by atoms with van der Waals surface area (Å²) in [5, 5.41) is 0. The van der Waals surface area contributed by atoms with Crippen molar-refractivity contribution in [3.05, 3.63) is 0 Å². The second-order valence-corrected chi connectivity index (χ2v) is 4.49. The molecule has 0 fully saturated rings. The molecule has 5 nitrogen and oxygen atoms in total. The molecule has 17 heavy (non-hydrogen) atoms. The van der Waals surface area contributed by atoms with Gasteiger partial charge in [0.25, 0.3) is 0 Å². The zero-order chi connectivity index (χ0) is 13.4. The van der Waals surface area contributed by atoms with E-state index in [1.807, 2.05) is 20.8 Å². The van der Waals surface area contributed by atoms with E-state index in [1.54, 1.807) is 0 Å². The lowest BCUT2D eigenvalue weighted by Crippen LogP contribution is -2.49. The van der Waals surface area contributed by atoms with Crippen LogP contribution in [0, 0.1) is 5.92 Å². The third-order valence-electron chi connectivity index (χ3n) is 2.98. The summed E-state index contributed by atoms with van der Waals surface area (Å²) in [4.78, 5) is 24.5. The maximum Gasteiger partial charge on any atom is 0.240 e. The zero-order valence-corrected chi connectivity index (χ0v) is 11.1. The van der Waals surface area contributed by atoms with Crippen LogP contribution in [0.5, 0.6) is 0 Å². The standard InChI is InChI=1S/C12H25N3O2/c1-4-6-7-15(8-10(13)16)12(17)11(14)9(3)5-2/h9,11H,4-8,14H2,1-3H3,(H2,13,16). The zero-order valence-electron chi connectivity index (χ0n) is 11.1. The summed E-state index contributed by atoms with van der Waals surface area (Å²) in [6, 6.07) is -0.545. The molecule has 0 radical (unpaired) electrons. The number of hydrogen-bond donors (Lipinski definition) is 2. The highest BCUT2D eigenvalue weighted by Gasteiger charge is 2.25. The Hall–Kier alpha value is -1.10. The molecular weight excluding hydrogens is 218 g/mol. The van der Waals surface area contributed by atoms with Crippen LogP contribution in [0.4, 0.5) is 0 Å². The maximum atomic E-state index is 12.1. The molecule has 0 rings (SSSR count). The van der Waals surface area contributed by atoms with Gasteiger partial charge in [0.15, 0.2) is 0 Å². The van der Waals surface area contributed by atoms with Gasteiger partial charge in [-0.3, -0.25) is 9.59 Å². The average Bonchev–Trinajstić information content (AvgIpc) is 2.31. The largest absolute Gasteiger partial charge is 0.368 e. The molecule has 2 atom stereocenters. The van der Waals surface area contributed by atoms with Crippen molar-refractivity contribution < 1.29 is 9.59 Å². The molecular formula is C12H25N3O2. The molecule has 100 valence electrons. The summed E-state index contributed by atoms with van der Waals surface area (Å²) >= 11 is 0. The molecule has 0 aliphatic carbocycles. The number of hydrogen-bond acceptors (Lipinski definition) is 3. The van der Waals surface area contributed by atoms with Crippen molar-refractivity contribution >= 4 is 11.8 Å². The van der Waals surface area contributed by atoms with Gasteiger partial charge >= 0.3 is 0 Å². The van der Waals surface area contributed by atoms with Crippen LogP contribution in [0.25, 0.3) is 0 Å². The topological polar surface area (TPSA) is 89.4 Å². The van der Waals surface area contributed by atoms with Gasteiger partial charge in [-0.2, -0.15) is 0 Å². The van der Waals surface area contributed by atoms with Crippen LogP contribution >= 0.6 is 0 Å². The number of nitrogens with zero attached hydrogens (tertiary/aromatic N) is 1. The molecule has 0 spiro atoms. The molecule has 0 aromatic carbocycles. The smallest absolute Gasteiger partial charge is 0.240 e. The van der Waals surface area contributed by atoms with Gasteiger partial charge in [0, 0.05) is 6.54 Å². The van der Waals surface area contributed by atoms with Crippen molar-refractivity contribution in [1.29, 1.82) is 0 Å². The van der Waals surface area contributed by atoms with E-state index >= 15 is 0 Å². The Morgan fingerprint density at radius 2 is 1.88 bits per heavy atom. The fourth-order valence-corrected chi connectivity index (χ4v) is 1.51. The molecule has 0 aliphatic heterocycles. The van der Waals surface area contributed by atoms with Crippen LogP contribution in [0.15, 0.2) is 0 Å². The van der Waals surface area contributed by atoms with Crippen molar-refractivity contribution in [2.45, 2.75) is 46.1 Å². The van der Waals surface area contributed by atoms with Crippen LogP contribution in [-0.2, 0) is 9.59 Å². The Morgan fingerprint density at radius 3 is 2.29 bits per heavy atom. The quantitative estimate of drug-likeness (QED) is 0.649. The van der Waals surface area contributed by atoms with Crippen molar-refractivity contribution in [2.24, 2.45) is 17.4 Å². The van der Waals surface area contributed by atoms with Crippen LogP contribution in [0.3, 0.4) is 0 Å². The van der Waals surface area contributed by atoms with E-state index in [4.69, 9.17) is 11.5 Å². The Bertz CT molecular complexity index is 256. The maximum absolute atomic E-state index is 12.1. The Kier molecular flexibility index (Phi) is 7.54. The van der Waals surface area contributed by atoms with E-state index in [0.717, 1.165) is 19.3 Å². The summed E-state index contributed by atoms with van der Waals surface area (Å²) in [6.07, 6.45) is 2.65. The summed E-state index contributed by atoms with van der Waals surface area (Å²) in [6.45, 7) is 6.46. The van der Waals surface area contributed by atoms with Gasteiger partial charge in [-0.15, -0.1) is 0 Å². The summed E-state index contributed by atoms with van der Waals surface area (Å²) in [5.74, 6) is -0.558. The van der Waals surface area contributed by atoms with Crippen LogP contribution in [0.1, 0.15) is 40.0 Å². The molecule has 0 heterocycles. The van der Waals surface area contributed by atoms with Gasteiger partial charge in [0.1, 0.15) is 0 Å². The highest BCUT2D eigenvalue weighted by Crippen LogP contribution is 2.09. The third-order valence-corrected chi connectivity index (χ3v) is 2.98. The first kappa shape index (κ1) is 15.9. The molecule has 2 amide bonds. The second kappa shape index (κ2) is 8.06. The Morgan fingerprint density at radius 1 is 1.29 bits per heavy atom. The first-order chi connectivity index (χ1) is 7.93. The van der Waals surface area contributed by atoms with Crippen LogP contribution < -0.4 is 11.5 Å². The summed E-state index contributed by atoms with van der Waals surface area (Å²) in [7, 11) is 0. The first-order valence-corrected chi connectivity index (χ1v) is 6.26. The number of primary amides is 1. The predicted molar refractivity (Wildman–Crippen MR) is 68.1 cm³/mol. The number of carbonyl (C=O) groups excluding carboxylic acids is 2. The monoisotopic (exact) mass is 243 g/mol. The fourth-order valence-electron chi connectivity index (χ4n) is 1.51. The number of carbonyl (C=O) groups is 2. The van der Waals surface area contributed by atoms with E-state index in [0.29, 0.717) is 6.54 Å². The fraction of sp³-hybridized carbons (Fsp3) is 0.833. The van der Waals surface area contributed by atoms with Crippen LogP contribution in [0.2, 0.25) is 0 Å². The number of nitrogens with two attached hydrogens (primary N) is 2. The molecule has 0 saturated heterocycles. The minimum absolute atomic E-state index is 0.0387. The molecule has 0 saturated carbocycles. The highest BCUT2D eigenvalue weighted by atomic mass is 16.2. The lowest BCUT2D eigenvalue weighted by atomic mass is 9.99. The molecule has 0 aromatic heterocycles. The SMILES string of the molecule is CCCCN(CC(N)=O)C(=O)C(N)C(C)CC. The van der Waals surface area contributed by atoms with Gasteiger partial charge in [-0.25, -0.2) is 0 Å². The number of rotatable bonds is 8. The van der Waals surface area contributed by atoms with Crippen molar-refractivity contribution in [3.8, 4) is 0 Å². The van der Waals surface area contributed by atoms with E-state index in [9.17, 15) is 9.59 Å². The normalized spacial score (nSPS) is 14.1. The lowest BCUT2D eigenvalue weighted by molar-refractivity contribution is -0.137. The van der Waals surface area contributed by atoms with Crippen LogP contribution in [-0.4, -0.2) is 35.8 Å². The molecule has 2 unspecified atom stereocenters. The van der Waals surface area contributed by atoms with E-state index < -0.39 is 11.9 Å². The van der Waals surface area contributed by atoms with Crippen molar-refractivity contribution in [3.63, 3.8) is 0 Å². The average molecular weight is 243 g/mol. The minimum Gasteiger partial charge on any atom is -0.368 e. The van der Waals surface area contributed by atoms with Crippen molar-refractivity contribution in [1.82, 2.24) is 4.90 Å². The minimum atomic E-state index is -0.545. The van der Waals surface area contributed by atoms with Gasteiger partial charge < -0.3 is 16.4 Å². The van der Waals surface area contributed by atoms with E-state index in [2.05, 4.69) is 0 Å². The van der Waals surface area contributed by atoms with Gasteiger partial charge in [0.2, 0.25) is 11.8 Å². The molecule has 5 heteroatoms. The predicted octanol–water partition coefficient (Wildman–Crippen LogP) is 0.474. The van der Waals surface area contributed by atoms with E-state index in [-0.39, 0.29) is 18.4 Å². The summed E-state index contributed by atoms with van der Waals surface area (Å²) < 4.78 is 0. The van der Waals surface area contributed by atoms with Gasteiger partial charge in [0.05, 0.1) is 12.6 Å². The second-order valence-electron chi connectivity index (χ2n) is 4.49. The van der Waals surface area contributed by atoms with Gasteiger partial charge in [-0.1, -0.05) is 33.6 Å². The highest BCUT2D eigenvalue weighted by molar-refractivity contribution is 5.86. The Balaban J connectivity index is 4.54. The number of unbranched alkanes of at least 4 members (excludes halogenated alkanes) is 1. The van der Waals surface area contributed by atoms with Gasteiger partial charge in [-0.05, 0) is 12.3 Å². The molecule has 0 bridgehead atoms. The molecule has 4 N–H and O–H groups in total. The lowest BCUT2D eigenvalue weighted by Gasteiger charge is -2.27. The molecule has 0 aromatic rings. The Labute approximate surface area is 104 Å². The summed E-state index contributed by atoms with van der Waals surface area (Å²) in [5.41, 5.74) is 11.0. The third kappa shape index (κ3) is 5.68. The number of amides is 2. The first-order valence-electron chi connectivity index (χ1n) is 6.26.